The first-order valence-electron chi connectivity index (χ1n) is 6.74. The van der Waals surface area contributed by atoms with Gasteiger partial charge in [0.2, 0.25) is 0 Å². The van der Waals surface area contributed by atoms with Gasteiger partial charge in [-0.05, 0) is 26.2 Å². The molecule has 1 aromatic heterocycles. The van der Waals surface area contributed by atoms with Crippen LogP contribution in [-0.4, -0.2) is 27.7 Å². The molecule has 2 unspecified atom stereocenters. The van der Waals surface area contributed by atoms with E-state index in [0.717, 1.165) is 30.0 Å². The number of aryl methyl sites for hydroxylation is 1. The second kappa shape index (κ2) is 7.25. The maximum atomic E-state index is 9.19. The number of nitrogen functional groups attached to an aromatic ring is 1. The molecule has 19 heavy (non-hydrogen) atoms. The molecule has 5 N–H and O–H groups in total. The van der Waals surface area contributed by atoms with Crippen LogP contribution in [0.4, 0.5) is 11.6 Å². The number of anilines is 2. The van der Waals surface area contributed by atoms with E-state index < -0.39 is 0 Å². The van der Waals surface area contributed by atoms with Gasteiger partial charge in [-0.1, -0.05) is 13.8 Å². The van der Waals surface area contributed by atoms with Crippen LogP contribution in [0.1, 0.15) is 38.6 Å². The molecule has 0 aliphatic carbocycles. The van der Waals surface area contributed by atoms with Gasteiger partial charge < -0.3 is 15.8 Å². The summed E-state index contributed by atoms with van der Waals surface area (Å²) in [5.74, 6) is 7.84. The lowest BCUT2D eigenvalue weighted by Gasteiger charge is -2.22. The molecule has 0 radical (unpaired) electrons. The first-order chi connectivity index (χ1) is 9.03. The Morgan fingerprint density at radius 1 is 1.26 bits per heavy atom. The summed E-state index contributed by atoms with van der Waals surface area (Å²) in [4.78, 5) is 8.90. The van der Waals surface area contributed by atoms with Crippen LogP contribution in [-0.2, 0) is 6.42 Å². The molecule has 0 aromatic carbocycles. The minimum absolute atomic E-state index is 0.124. The number of aliphatic hydroxyl groups is 1. The zero-order chi connectivity index (χ0) is 14.4. The van der Waals surface area contributed by atoms with E-state index in [1.165, 1.54) is 0 Å². The van der Waals surface area contributed by atoms with Crippen molar-refractivity contribution >= 4 is 11.6 Å². The number of aliphatic hydroxyl groups excluding tert-OH is 1. The summed E-state index contributed by atoms with van der Waals surface area (Å²) in [6.07, 6.45) is 1.79. The van der Waals surface area contributed by atoms with Crippen LogP contribution >= 0.6 is 0 Å². The highest BCUT2D eigenvalue weighted by Crippen LogP contribution is 2.21. The van der Waals surface area contributed by atoms with Crippen LogP contribution in [0.25, 0.3) is 0 Å². The van der Waals surface area contributed by atoms with Crippen LogP contribution in [0, 0.1) is 12.8 Å². The van der Waals surface area contributed by atoms with Gasteiger partial charge in [-0.3, -0.25) is 0 Å². The number of hydrogen-bond donors (Lipinski definition) is 4. The fraction of sp³-hybridized carbons (Fsp3) is 0.692. The van der Waals surface area contributed by atoms with E-state index in [2.05, 4.69) is 27.6 Å². The van der Waals surface area contributed by atoms with Crippen LogP contribution in [0.3, 0.4) is 0 Å². The maximum Gasteiger partial charge on any atom is 0.148 e. The van der Waals surface area contributed by atoms with Gasteiger partial charge in [-0.25, -0.2) is 15.8 Å². The zero-order valence-corrected chi connectivity index (χ0v) is 12.2. The highest BCUT2D eigenvalue weighted by molar-refractivity contribution is 5.57. The van der Waals surface area contributed by atoms with Crippen molar-refractivity contribution in [3.8, 4) is 0 Å². The van der Waals surface area contributed by atoms with E-state index in [-0.39, 0.29) is 18.6 Å². The lowest BCUT2D eigenvalue weighted by Crippen LogP contribution is -2.28. The SMILES string of the molecule is CCCc1nc(NN)c(C)c(NC(C)C(C)CO)n1. The summed E-state index contributed by atoms with van der Waals surface area (Å²) in [6.45, 7) is 8.16. The van der Waals surface area contributed by atoms with Crippen molar-refractivity contribution in [3.05, 3.63) is 11.4 Å². The smallest absolute Gasteiger partial charge is 0.148 e. The summed E-state index contributed by atoms with van der Waals surface area (Å²) >= 11 is 0. The molecule has 6 heteroatoms. The second-order valence-electron chi connectivity index (χ2n) is 4.95. The lowest BCUT2D eigenvalue weighted by atomic mass is 10.1. The molecule has 0 aliphatic heterocycles. The molecule has 6 nitrogen and oxygen atoms in total. The Morgan fingerprint density at radius 2 is 1.89 bits per heavy atom. The number of nitrogens with two attached hydrogens (primary N) is 1. The van der Waals surface area contributed by atoms with Crippen LogP contribution < -0.4 is 16.6 Å². The molecule has 0 saturated carbocycles. The van der Waals surface area contributed by atoms with Crippen molar-refractivity contribution in [2.45, 2.75) is 46.6 Å². The van der Waals surface area contributed by atoms with Crippen molar-refractivity contribution in [1.29, 1.82) is 0 Å². The Bertz CT molecular complexity index is 410. The molecule has 0 bridgehead atoms. The topological polar surface area (TPSA) is 96.1 Å². The lowest BCUT2D eigenvalue weighted by molar-refractivity contribution is 0.226. The molecule has 0 aliphatic rings. The first-order valence-corrected chi connectivity index (χ1v) is 6.74. The standard InChI is InChI=1S/C13H25N5O/c1-5-6-11-16-12(9(3)13(17-11)18-14)15-10(4)8(2)7-19/h8,10,19H,5-7,14H2,1-4H3,(H2,15,16,17,18). The van der Waals surface area contributed by atoms with E-state index >= 15 is 0 Å². The molecule has 108 valence electrons. The third kappa shape index (κ3) is 4.04. The van der Waals surface area contributed by atoms with Crippen LogP contribution in [0.2, 0.25) is 0 Å². The number of hydrazine groups is 1. The molecule has 0 spiro atoms. The molecule has 0 fully saturated rings. The zero-order valence-electron chi connectivity index (χ0n) is 12.2. The molecule has 2 atom stereocenters. The van der Waals surface area contributed by atoms with E-state index in [9.17, 15) is 5.11 Å². The van der Waals surface area contributed by atoms with E-state index in [4.69, 9.17) is 5.84 Å². The van der Waals surface area contributed by atoms with Gasteiger partial charge >= 0.3 is 0 Å². The number of aromatic nitrogens is 2. The summed E-state index contributed by atoms with van der Waals surface area (Å²) in [7, 11) is 0. The summed E-state index contributed by atoms with van der Waals surface area (Å²) in [5.41, 5.74) is 3.50. The van der Waals surface area contributed by atoms with Crippen molar-refractivity contribution in [3.63, 3.8) is 0 Å². The largest absolute Gasteiger partial charge is 0.396 e. The summed E-state index contributed by atoms with van der Waals surface area (Å²) in [5, 5.41) is 12.5. The predicted molar refractivity (Wildman–Crippen MR) is 77.9 cm³/mol. The van der Waals surface area contributed by atoms with Gasteiger partial charge in [0.25, 0.3) is 0 Å². The minimum atomic E-state index is 0.124. The fourth-order valence-corrected chi connectivity index (χ4v) is 1.70. The van der Waals surface area contributed by atoms with Gasteiger partial charge in [0.15, 0.2) is 0 Å². The van der Waals surface area contributed by atoms with Crippen molar-refractivity contribution < 1.29 is 5.11 Å². The maximum absolute atomic E-state index is 9.19. The Balaban J connectivity index is 3.00. The van der Waals surface area contributed by atoms with Gasteiger partial charge in [0.05, 0.1) is 0 Å². The predicted octanol–water partition coefficient (Wildman–Crippen LogP) is 1.45. The monoisotopic (exact) mass is 267 g/mol. The average Bonchev–Trinajstić information content (AvgIpc) is 2.41. The van der Waals surface area contributed by atoms with E-state index in [0.29, 0.717) is 5.82 Å². The quantitative estimate of drug-likeness (QED) is 0.441. The molecule has 1 rings (SSSR count). The van der Waals surface area contributed by atoms with Gasteiger partial charge in [0, 0.05) is 24.6 Å². The summed E-state index contributed by atoms with van der Waals surface area (Å²) in [6, 6.07) is 0.124. The van der Waals surface area contributed by atoms with Crippen molar-refractivity contribution in [2.24, 2.45) is 11.8 Å². The van der Waals surface area contributed by atoms with Crippen LogP contribution in [0.15, 0.2) is 0 Å². The van der Waals surface area contributed by atoms with Crippen LogP contribution in [0.5, 0.6) is 0 Å². The molecule has 0 amide bonds. The fourth-order valence-electron chi connectivity index (χ4n) is 1.70. The van der Waals surface area contributed by atoms with E-state index in [1.807, 2.05) is 20.8 Å². The molecule has 1 aromatic rings. The van der Waals surface area contributed by atoms with Gasteiger partial charge in [-0.2, -0.15) is 0 Å². The number of nitrogens with zero attached hydrogens (tertiary/aromatic N) is 2. The van der Waals surface area contributed by atoms with Crippen molar-refractivity contribution in [1.82, 2.24) is 9.97 Å². The van der Waals surface area contributed by atoms with E-state index in [1.54, 1.807) is 0 Å². The molecular formula is C13H25N5O. The molecular weight excluding hydrogens is 242 g/mol. The van der Waals surface area contributed by atoms with Gasteiger partial charge in [0.1, 0.15) is 17.5 Å². The number of rotatable bonds is 7. The van der Waals surface area contributed by atoms with Crippen molar-refractivity contribution in [2.75, 3.05) is 17.3 Å². The average molecular weight is 267 g/mol. The Kier molecular flexibility index (Phi) is 5.98. The molecule has 1 heterocycles. The minimum Gasteiger partial charge on any atom is -0.396 e. The Morgan fingerprint density at radius 3 is 2.42 bits per heavy atom. The van der Waals surface area contributed by atoms with Gasteiger partial charge in [-0.15, -0.1) is 0 Å². The summed E-state index contributed by atoms with van der Waals surface area (Å²) < 4.78 is 0. The highest BCUT2D eigenvalue weighted by atomic mass is 16.3. The number of hydrogen-bond acceptors (Lipinski definition) is 6. The Hall–Kier alpha value is -1.40. The third-order valence-corrected chi connectivity index (χ3v) is 3.31. The molecule has 0 saturated heterocycles. The third-order valence-electron chi connectivity index (χ3n) is 3.31. The number of nitrogens with one attached hydrogen (secondary N) is 2. The Labute approximate surface area is 114 Å². The second-order valence-corrected chi connectivity index (χ2v) is 4.95. The first kappa shape index (κ1) is 15.7. The normalized spacial score (nSPS) is 14.0. The highest BCUT2D eigenvalue weighted by Gasteiger charge is 2.15.